The van der Waals surface area contributed by atoms with Gasteiger partial charge >= 0.3 is 5.69 Å². The standard InChI is InChI=1S/C10H16N4O3/c1-9(2,10(3,4)15)13-8-11-5-7(6-12-8)14(16)17/h5-6,15H,1-4H3,(H,11,12,13). The average Bonchev–Trinajstić information content (AvgIpc) is 2.16. The van der Waals surface area contributed by atoms with E-state index in [1.807, 2.05) is 0 Å². The van der Waals surface area contributed by atoms with Gasteiger partial charge in [-0.1, -0.05) is 0 Å². The third-order valence-corrected chi connectivity index (χ3v) is 2.80. The Labute approximate surface area is 99.1 Å². The van der Waals surface area contributed by atoms with Gasteiger partial charge in [0.2, 0.25) is 5.95 Å². The highest BCUT2D eigenvalue weighted by Crippen LogP contribution is 2.24. The van der Waals surface area contributed by atoms with E-state index in [-0.39, 0.29) is 11.6 Å². The van der Waals surface area contributed by atoms with Gasteiger partial charge in [-0.15, -0.1) is 0 Å². The number of nitrogens with zero attached hydrogens (tertiary/aromatic N) is 3. The average molecular weight is 240 g/mol. The lowest BCUT2D eigenvalue weighted by Gasteiger charge is -2.37. The van der Waals surface area contributed by atoms with Gasteiger partial charge in [-0.25, -0.2) is 9.97 Å². The Hall–Kier alpha value is -1.76. The first-order chi connectivity index (χ1) is 7.63. The van der Waals surface area contributed by atoms with Crippen LogP contribution in [0.2, 0.25) is 0 Å². The zero-order valence-electron chi connectivity index (χ0n) is 10.3. The summed E-state index contributed by atoms with van der Waals surface area (Å²) in [6, 6.07) is 0. The summed E-state index contributed by atoms with van der Waals surface area (Å²) in [6.07, 6.45) is 2.24. The predicted molar refractivity (Wildman–Crippen MR) is 62.7 cm³/mol. The van der Waals surface area contributed by atoms with E-state index in [9.17, 15) is 15.2 Å². The van der Waals surface area contributed by atoms with Crippen molar-refractivity contribution in [3.8, 4) is 0 Å². The topological polar surface area (TPSA) is 101 Å². The van der Waals surface area contributed by atoms with Crippen LogP contribution in [0.4, 0.5) is 11.6 Å². The molecule has 0 amide bonds. The summed E-state index contributed by atoms with van der Waals surface area (Å²) in [5.41, 5.74) is -1.82. The molecule has 0 unspecified atom stereocenters. The molecule has 0 spiro atoms. The summed E-state index contributed by atoms with van der Waals surface area (Å²) in [5, 5.41) is 23.3. The molecule has 1 heterocycles. The Morgan fingerprint density at radius 2 is 1.76 bits per heavy atom. The van der Waals surface area contributed by atoms with Gasteiger partial charge in [0, 0.05) is 0 Å². The van der Waals surface area contributed by atoms with E-state index in [1.165, 1.54) is 0 Å². The molecule has 94 valence electrons. The second kappa shape index (κ2) is 4.25. The highest BCUT2D eigenvalue weighted by Gasteiger charge is 2.35. The minimum Gasteiger partial charge on any atom is -0.388 e. The molecule has 1 rings (SSSR count). The molecule has 2 N–H and O–H groups in total. The minimum atomic E-state index is -0.988. The second-order valence-corrected chi connectivity index (χ2v) is 4.83. The van der Waals surface area contributed by atoms with Crippen molar-refractivity contribution in [3.05, 3.63) is 22.5 Å². The molecule has 0 atom stereocenters. The number of nitrogens with one attached hydrogen (secondary N) is 1. The summed E-state index contributed by atoms with van der Waals surface area (Å²) in [6.45, 7) is 6.90. The molecule has 0 aliphatic heterocycles. The first-order valence-electron chi connectivity index (χ1n) is 5.10. The van der Waals surface area contributed by atoms with Crippen LogP contribution < -0.4 is 5.32 Å². The zero-order valence-corrected chi connectivity index (χ0v) is 10.3. The van der Waals surface area contributed by atoms with Crippen molar-refractivity contribution in [2.45, 2.75) is 38.8 Å². The third kappa shape index (κ3) is 3.10. The lowest BCUT2D eigenvalue weighted by molar-refractivity contribution is -0.385. The van der Waals surface area contributed by atoms with Crippen molar-refractivity contribution in [3.63, 3.8) is 0 Å². The van der Waals surface area contributed by atoms with E-state index in [2.05, 4.69) is 15.3 Å². The lowest BCUT2D eigenvalue weighted by Crippen LogP contribution is -2.51. The van der Waals surface area contributed by atoms with Gasteiger partial charge in [0.15, 0.2) is 0 Å². The number of anilines is 1. The Morgan fingerprint density at radius 3 is 2.12 bits per heavy atom. The van der Waals surface area contributed by atoms with Crippen LogP contribution >= 0.6 is 0 Å². The number of aromatic nitrogens is 2. The molecule has 0 saturated heterocycles. The number of rotatable bonds is 4. The third-order valence-electron chi connectivity index (χ3n) is 2.80. The Bertz CT molecular complexity index is 409. The largest absolute Gasteiger partial charge is 0.388 e. The first kappa shape index (κ1) is 13.3. The summed E-state index contributed by atoms with van der Waals surface area (Å²) in [7, 11) is 0. The molecule has 7 nitrogen and oxygen atoms in total. The van der Waals surface area contributed by atoms with Crippen LogP contribution in [0.15, 0.2) is 12.4 Å². The maximum Gasteiger partial charge on any atom is 0.305 e. The van der Waals surface area contributed by atoms with Crippen LogP contribution in [-0.4, -0.2) is 31.1 Å². The molecule has 0 aromatic carbocycles. The molecule has 0 aliphatic rings. The Morgan fingerprint density at radius 1 is 1.29 bits per heavy atom. The molecule has 1 aromatic heterocycles. The zero-order chi connectivity index (χ0) is 13.3. The maximum atomic E-state index is 10.4. The summed E-state index contributed by atoms with van der Waals surface area (Å²) < 4.78 is 0. The van der Waals surface area contributed by atoms with Crippen molar-refractivity contribution < 1.29 is 10.0 Å². The molecule has 0 aliphatic carbocycles. The minimum absolute atomic E-state index is 0.170. The fourth-order valence-corrected chi connectivity index (χ4v) is 0.913. The van der Waals surface area contributed by atoms with Gasteiger partial charge in [0.25, 0.3) is 0 Å². The molecule has 0 radical (unpaired) electrons. The molecule has 0 bridgehead atoms. The van der Waals surface area contributed by atoms with Gasteiger partial charge in [-0.3, -0.25) is 10.1 Å². The Kier molecular flexibility index (Phi) is 3.33. The van der Waals surface area contributed by atoms with Gasteiger partial charge in [0.05, 0.1) is 16.1 Å². The normalized spacial score (nSPS) is 12.3. The molecule has 7 heteroatoms. The highest BCUT2D eigenvalue weighted by atomic mass is 16.6. The SMILES string of the molecule is CC(C)(O)C(C)(C)Nc1ncc([N+](=O)[O-])cn1. The van der Waals surface area contributed by atoms with E-state index in [4.69, 9.17) is 0 Å². The van der Waals surface area contributed by atoms with Crippen LogP contribution in [0.5, 0.6) is 0 Å². The van der Waals surface area contributed by atoms with Crippen LogP contribution in [0, 0.1) is 10.1 Å². The predicted octanol–water partition coefficient (Wildman–Crippen LogP) is 1.35. The van der Waals surface area contributed by atoms with E-state index < -0.39 is 16.1 Å². The maximum absolute atomic E-state index is 10.4. The van der Waals surface area contributed by atoms with Crippen LogP contribution in [0.1, 0.15) is 27.7 Å². The van der Waals surface area contributed by atoms with E-state index >= 15 is 0 Å². The van der Waals surface area contributed by atoms with Crippen molar-refractivity contribution >= 4 is 11.6 Å². The number of hydrogen-bond donors (Lipinski definition) is 2. The van der Waals surface area contributed by atoms with E-state index in [0.29, 0.717) is 0 Å². The summed E-state index contributed by atoms with van der Waals surface area (Å²) in [4.78, 5) is 17.5. The van der Waals surface area contributed by atoms with Gasteiger partial charge in [-0.05, 0) is 27.7 Å². The molecule has 17 heavy (non-hydrogen) atoms. The van der Waals surface area contributed by atoms with Crippen molar-refractivity contribution in [1.29, 1.82) is 0 Å². The van der Waals surface area contributed by atoms with E-state index in [0.717, 1.165) is 12.4 Å². The van der Waals surface area contributed by atoms with Crippen molar-refractivity contribution in [2.24, 2.45) is 0 Å². The fourth-order valence-electron chi connectivity index (χ4n) is 0.913. The first-order valence-corrected chi connectivity index (χ1v) is 5.10. The number of hydrogen-bond acceptors (Lipinski definition) is 6. The van der Waals surface area contributed by atoms with Gasteiger partial charge in [-0.2, -0.15) is 0 Å². The van der Waals surface area contributed by atoms with E-state index in [1.54, 1.807) is 27.7 Å². The fraction of sp³-hybridized carbons (Fsp3) is 0.600. The number of aliphatic hydroxyl groups is 1. The summed E-state index contributed by atoms with van der Waals surface area (Å²) >= 11 is 0. The molecule has 0 saturated carbocycles. The lowest BCUT2D eigenvalue weighted by atomic mass is 9.86. The van der Waals surface area contributed by atoms with Gasteiger partial charge < -0.3 is 10.4 Å². The highest BCUT2D eigenvalue weighted by molar-refractivity contribution is 5.34. The van der Waals surface area contributed by atoms with Crippen LogP contribution in [0.25, 0.3) is 0 Å². The molecule has 1 aromatic rings. The summed E-state index contributed by atoms with van der Waals surface area (Å²) in [5.74, 6) is 0.239. The van der Waals surface area contributed by atoms with Crippen LogP contribution in [0.3, 0.4) is 0 Å². The smallest absolute Gasteiger partial charge is 0.305 e. The van der Waals surface area contributed by atoms with Crippen LogP contribution in [-0.2, 0) is 0 Å². The van der Waals surface area contributed by atoms with Gasteiger partial charge in [0.1, 0.15) is 12.4 Å². The number of nitro groups is 1. The van der Waals surface area contributed by atoms with Crippen molar-refractivity contribution in [2.75, 3.05) is 5.32 Å². The molecule has 0 fully saturated rings. The second-order valence-electron chi connectivity index (χ2n) is 4.83. The monoisotopic (exact) mass is 240 g/mol. The molecular weight excluding hydrogens is 224 g/mol. The Balaban J connectivity index is 2.86. The molecular formula is C10H16N4O3. The van der Waals surface area contributed by atoms with Crippen molar-refractivity contribution in [1.82, 2.24) is 9.97 Å². The quantitative estimate of drug-likeness (QED) is 0.608.